The highest BCUT2D eigenvalue weighted by atomic mass is 16.5. The van der Waals surface area contributed by atoms with Gasteiger partial charge in [0.1, 0.15) is 0 Å². The minimum absolute atomic E-state index is 0.0312. The lowest BCUT2D eigenvalue weighted by Crippen LogP contribution is -2.49. The number of hydrogen-bond donors (Lipinski definition) is 1. The molecular weight excluding hydrogens is 248 g/mol. The molecule has 1 unspecified atom stereocenters. The van der Waals surface area contributed by atoms with Crippen LogP contribution in [0.1, 0.15) is 17.5 Å². The number of nitrogens with one attached hydrogen (secondary N) is 1. The van der Waals surface area contributed by atoms with E-state index in [-0.39, 0.29) is 17.9 Å². The fourth-order valence-electron chi connectivity index (χ4n) is 2.00. The zero-order valence-electron chi connectivity index (χ0n) is 11.1. The van der Waals surface area contributed by atoms with Gasteiger partial charge in [-0.2, -0.15) is 0 Å². The van der Waals surface area contributed by atoms with Crippen molar-refractivity contribution in [2.75, 3.05) is 26.2 Å². The average molecular weight is 266 g/mol. The summed E-state index contributed by atoms with van der Waals surface area (Å²) in [5, 5.41) is 2.77. The quantitative estimate of drug-likeness (QED) is 0.792. The maximum Gasteiger partial charge on any atom is 0.287 e. The Morgan fingerprint density at radius 2 is 2.37 bits per heavy atom. The number of aromatic nitrogens is 2. The van der Waals surface area contributed by atoms with Gasteiger partial charge in [-0.3, -0.25) is 9.59 Å². The minimum Gasteiger partial charge on any atom is -0.373 e. The fraction of sp³-hybridized carbons (Fsp3) is 0.583. The Kier molecular flexibility index (Phi) is 4.16. The van der Waals surface area contributed by atoms with E-state index in [4.69, 9.17) is 4.74 Å². The molecule has 19 heavy (non-hydrogen) atoms. The zero-order chi connectivity index (χ0) is 13.8. The number of nitrogens with zero attached hydrogens (tertiary/aromatic N) is 3. The number of imidazole rings is 1. The summed E-state index contributed by atoms with van der Waals surface area (Å²) in [5.74, 6) is 0.152. The van der Waals surface area contributed by atoms with Crippen LogP contribution >= 0.6 is 0 Å². The van der Waals surface area contributed by atoms with Crippen molar-refractivity contribution in [3.63, 3.8) is 0 Å². The first-order valence-electron chi connectivity index (χ1n) is 6.20. The van der Waals surface area contributed by atoms with E-state index in [1.807, 2.05) is 0 Å². The van der Waals surface area contributed by atoms with Crippen LogP contribution in [0.3, 0.4) is 0 Å². The highest BCUT2D eigenvalue weighted by molar-refractivity contribution is 5.90. The van der Waals surface area contributed by atoms with E-state index >= 15 is 0 Å². The van der Waals surface area contributed by atoms with Gasteiger partial charge in [0.05, 0.1) is 12.7 Å². The van der Waals surface area contributed by atoms with Crippen LogP contribution in [-0.4, -0.2) is 58.6 Å². The summed E-state index contributed by atoms with van der Waals surface area (Å²) in [5.41, 5.74) is 0. The van der Waals surface area contributed by atoms with Crippen molar-refractivity contribution < 1.29 is 14.3 Å². The summed E-state index contributed by atoms with van der Waals surface area (Å²) in [6.07, 6.45) is 3.12. The van der Waals surface area contributed by atoms with Crippen LogP contribution in [0.2, 0.25) is 0 Å². The van der Waals surface area contributed by atoms with Gasteiger partial charge < -0.3 is 19.5 Å². The first-order chi connectivity index (χ1) is 9.08. The van der Waals surface area contributed by atoms with Crippen molar-refractivity contribution in [3.05, 3.63) is 18.2 Å². The predicted molar refractivity (Wildman–Crippen MR) is 67.5 cm³/mol. The Bertz CT molecular complexity index is 471. The molecular formula is C12H18N4O3. The van der Waals surface area contributed by atoms with E-state index < -0.39 is 0 Å². The topological polar surface area (TPSA) is 76.5 Å². The molecule has 1 atom stereocenters. The number of aryl methyl sites for hydroxylation is 1. The molecule has 2 rings (SSSR count). The summed E-state index contributed by atoms with van der Waals surface area (Å²) in [4.78, 5) is 28.8. The lowest BCUT2D eigenvalue weighted by atomic mass is 10.2. The van der Waals surface area contributed by atoms with Gasteiger partial charge in [0, 0.05) is 46.0 Å². The Labute approximate surface area is 111 Å². The number of ether oxygens (including phenoxy) is 1. The molecule has 2 amide bonds. The van der Waals surface area contributed by atoms with Crippen molar-refractivity contribution >= 4 is 11.8 Å². The first-order valence-corrected chi connectivity index (χ1v) is 6.20. The van der Waals surface area contributed by atoms with Gasteiger partial charge in [0.15, 0.2) is 5.82 Å². The monoisotopic (exact) mass is 266 g/mol. The van der Waals surface area contributed by atoms with Gasteiger partial charge >= 0.3 is 0 Å². The largest absolute Gasteiger partial charge is 0.373 e. The molecule has 0 saturated carbocycles. The number of carbonyl (C=O) groups is 2. The molecule has 1 aliphatic heterocycles. The number of hydrogen-bond acceptors (Lipinski definition) is 4. The fourth-order valence-corrected chi connectivity index (χ4v) is 2.00. The first kappa shape index (κ1) is 13.5. The highest BCUT2D eigenvalue weighted by Gasteiger charge is 2.23. The van der Waals surface area contributed by atoms with E-state index in [1.165, 1.54) is 6.92 Å². The molecule has 1 aliphatic rings. The summed E-state index contributed by atoms with van der Waals surface area (Å²) in [6, 6.07) is 0. The zero-order valence-corrected chi connectivity index (χ0v) is 11.1. The van der Waals surface area contributed by atoms with Crippen molar-refractivity contribution in [2.24, 2.45) is 7.05 Å². The Morgan fingerprint density at radius 3 is 3.00 bits per heavy atom. The average Bonchev–Trinajstić information content (AvgIpc) is 2.82. The van der Waals surface area contributed by atoms with Crippen LogP contribution in [0.5, 0.6) is 0 Å². The van der Waals surface area contributed by atoms with Crippen molar-refractivity contribution in [3.8, 4) is 0 Å². The van der Waals surface area contributed by atoms with E-state index in [9.17, 15) is 9.59 Å². The van der Waals surface area contributed by atoms with Crippen LogP contribution in [0.4, 0.5) is 0 Å². The maximum atomic E-state index is 11.9. The molecule has 0 aliphatic carbocycles. The summed E-state index contributed by atoms with van der Waals surface area (Å²) >= 11 is 0. The summed E-state index contributed by atoms with van der Waals surface area (Å²) in [6.45, 7) is 3.53. The molecule has 7 nitrogen and oxygen atoms in total. The Hall–Kier alpha value is -1.89. The molecule has 1 saturated heterocycles. The lowest BCUT2D eigenvalue weighted by molar-refractivity contribution is -0.136. The van der Waals surface area contributed by atoms with Crippen molar-refractivity contribution in [1.82, 2.24) is 19.8 Å². The molecule has 7 heteroatoms. The third-order valence-electron chi connectivity index (χ3n) is 3.10. The highest BCUT2D eigenvalue weighted by Crippen LogP contribution is 2.05. The second kappa shape index (κ2) is 5.83. The van der Waals surface area contributed by atoms with Gasteiger partial charge in [-0.25, -0.2) is 4.98 Å². The third-order valence-corrected chi connectivity index (χ3v) is 3.10. The Balaban J connectivity index is 1.84. The summed E-state index contributed by atoms with van der Waals surface area (Å²) < 4.78 is 7.17. The van der Waals surface area contributed by atoms with Gasteiger partial charge in [0.2, 0.25) is 5.91 Å². The predicted octanol–water partition coefficient (Wildman–Crippen LogP) is -0.603. The van der Waals surface area contributed by atoms with Gasteiger partial charge in [-0.1, -0.05) is 0 Å². The van der Waals surface area contributed by atoms with Crippen molar-refractivity contribution in [2.45, 2.75) is 13.0 Å². The molecule has 0 radical (unpaired) electrons. The Morgan fingerprint density at radius 1 is 1.58 bits per heavy atom. The molecule has 1 aromatic heterocycles. The van der Waals surface area contributed by atoms with E-state index in [2.05, 4.69) is 10.3 Å². The van der Waals surface area contributed by atoms with E-state index in [1.54, 1.807) is 28.9 Å². The van der Waals surface area contributed by atoms with Gasteiger partial charge in [-0.05, 0) is 0 Å². The molecule has 1 N–H and O–H groups in total. The summed E-state index contributed by atoms with van der Waals surface area (Å²) in [7, 11) is 1.76. The molecule has 1 aromatic rings. The molecule has 0 aromatic carbocycles. The van der Waals surface area contributed by atoms with Gasteiger partial charge in [0.25, 0.3) is 5.91 Å². The number of amides is 2. The van der Waals surface area contributed by atoms with E-state index in [0.29, 0.717) is 32.1 Å². The number of rotatable bonds is 3. The van der Waals surface area contributed by atoms with Crippen LogP contribution in [-0.2, 0) is 16.6 Å². The SMILES string of the molecule is CC(=O)N1CCOC(CNC(=O)c2nccn2C)C1. The normalized spacial score (nSPS) is 19.3. The molecule has 104 valence electrons. The van der Waals surface area contributed by atoms with E-state index in [0.717, 1.165) is 0 Å². The van der Waals surface area contributed by atoms with Crippen LogP contribution in [0.25, 0.3) is 0 Å². The molecule has 1 fully saturated rings. The van der Waals surface area contributed by atoms with Crippen LogP contribution in [0, 0.1) is 0 Å². The number of carbonyl (C=O) groups excluding carboxylic acids is 2. The number of morpholine rings is 1. The maximum absolute atomic E-state index is 11.9. The third kappa shape index (κ3) is 3.31. The molecule has 2 heterocycles. The smallest absolute Gasteiger partial charge is 0.287 e. The second-order valence-electron chi connectivity index (χ2n) is 4.53. The van der Waals surface area contributed by atoms with Gasteiger partial charge in [-0.15, -0.1) is 0 Å². The van der Waals surface area contributed by atoms with Crippen LogP contribution in [0.15, 0.2) is 12.4 Å². The van der Waals surface area contributed by atoms with Crippen LogP contribution < -0.4 is 5.32 Å². The molecule has 0 bridgehead atoms. The minimum atomic E-state index is -0.240. The molecule has 0 spiro atoms. The lowest BCUT2D eigenvalue weighted by Gasteiger charge is -2.32. The standard InChI is InChI=1S/C12H18N4O3/c1-9(17)16-5-6-19-10(8-16)7-14-12(18)11-13-3-4-15(11)2/h3-4,10H,5-8H2,1-2H3,(H,14,18). The van der Waals surface area contributed by atoms with Crippen molar-refractivity contribution in [1.29, 1.82) is 0 Å². The second-order valence-corrected chi connectivity index (χ2v) is 4.53.